The molecule has 3 amide bonds. The van der Waals surface area contributed by atoms with Crippen LogP contribution >= 0.6 is 43.5 Å². The minimum absolute atomic E-state index is 0.0102. The number of ketones is 1. The van der Waals surface area contributed by atoms with E-state index in [1.807, 2.05) is 0 Å². The lowest BCUT2D eigenvalue weighted by atomic mass is 9.81. The molecule has 0 bridgehead atoms. The standard InChI is InChI=1S/C23H18Br2ClFN2O4/c24-17-9-15-16(10-18(17)25)23(33)29(22(15)32)28(21(31)14-3-1-2-4-19(14)26)11-20(30)12-5-7-13(27)8-6-12/h1-8,15-18H,9-11H2/t15-,16+,17+,18-. The van der Waals surface area contributed by atoms with Crippen molar-refractivity contribution < 1.29 is 23.6 Å². The highest BCUT2D eigenvalue weighted by molar-refractivity contribution is 9.12. The van der Waals surface area contributed by atoms with Gasteiger partial charge in [0.2, 0.25) is 0 Å². The van der Waals surface area contributed by atoms with Gasteiger partial charge in [-0.15, -0.1) is 0 Å². The molecule has 2 fully saturated rings. The number of benzene rings is 2. The number of Topliss-reactive ketones (excluding diaryl/α,β-unsaturated/α-hetero) is 1. The quantitative estimate of drug-likeness (QED) is 0.285. The summed E-state index contributed by atoms with van der Waals surface area (Å²) in [6.45, 7) is -0.581. The summed E-state index contributed by atoms with van der Waals surface area (Å²) in [6.07, 6.45) is 0.837. The Bertz CT molecular complexity index is 1100. The Morgan fingerprint density at radius 1 is 0.970 bits per heavy atom. The number of hydrogen-bond acceptors (Lipinski definition) is 4. The predicted octanol–water partition coefficient (Wildman–Crippen LogP) is 4.64. The molecular weight excluding hydrogens is 583 g/mol. The molecule has 0 spiro atoms. The lowest BCUT2D eigenvalue weighted by molar-refractivity contribution is -0.154. The van der Waals surface area contributed by atoms with Gasteiger partial charge in [-0.1, -0.05) is 55.6 Å². The fraction of sp³-hybridized carbons (Fsp3) is 0.304. The maximum Gasteiger partial charge on any atom is 0.274 e. The summed E-state index contributed by atoms with van der Waals surface area (Å²) in [5.74, 6) is -4.07. The first kappa shape index (κ1) is 24.0. The van der Waals surface area contributed by atoms with Gasteiger partial charge < -0.3 is 0 Å². The summed E-state index contributed by atoms with van der Waals surface area (Å²) < 4.78 is 13.3. The molecule has 4 atom stereocenters. The second-order valence-electron chi connectivity index (χ2n) is 7.98. The van der Waals surface area contributed by atoms with Crippen LogP contribution in [0.5, 0.6) is 0 Å². The largest absolute Gasteiger partial charge is 0.292 e. The molecule has 1 saturated carbocycles. The van der Waals surface area contributed by atoms with Crippen molar-refractivity contribution in [2.24, 2.45) is 11.8 Å². The van der Waals surface area contributed by atoms with E-state index in [9.17, 15) is 23.6 Å². The predicted molar refractivity (Wildman–Crippen MR) is 127 cm³/mol. The van der Waals surface area contributed by atoms with Crippen LogP contribution in [0, 0.1) is 17.7 Å². The molecule has 2 aliphatic rings. The van der Waals surface area contributed by atoms with Gasteiger partial charge in [0, 0.05) is 15.2 Å². The molecule has 1 saturated heterocycles. The van der Waals surface area contributed by atoms with Crippen molar-refractivity contribution in [1.82, 2.24) is 10.0 Å². The van der Waals surface area contributed by atoms with Crippen molar-refractivity contribution in [2.45, 2.75) is 22.5 Å². The molecule has 0 aromatic heterocycles. The van der Waals surface area contributed by atoms with Crippen LogP contribution in [-0.2, 0) is 9.59 Å². The van der Waals surface area contributed by atoms with Crippen molar-refractivity contribution in [2.75, 3.05) is 6.54 Å². The summed E-state index contributed by atoms with van der Waals surface area (Å²) in [5, 5.41) is 1.79. The number of rotatable bonds is 5. The molecule has 4 rings (SSSR count). The number of halogens is 4. The Hall–Kier alpha value is -2.10. The second kappa shape index (κ2) is 9.64. The van der Waals surface area contributed by atoms with Crippen molar-refractivity contribution in [1.29, 1.82) is 0 Å². The molecule has 33 heavy (non-hydrogen) atoms. The Labute approximate surface area is 211 Å². The zero-order chi connectivity index (χ0) is 23.9. The number of carbonyl (C=O) groups excluding carboxylic acids is 4. The summed E-state index contributed by atoms with van der Waals surface area (Å²) in [6, 6.07) is 11.0. The maximum atomic E-state index is 13.5. The fourth-order valence-electron chi connectivity index (χ4n) is 4.19. The van der Waals surface area contributed by atoms with Gasteiger partial charge in [0.05, 0.1) is 22.4 Å². The summed E-state index contributed by atoms with van der Waals surface area (Å²) in [7, 11) is 0. The molecule has 2 aromatic rings. The highest BCUT2D eigenvalue weighted by Gasteiger charge is 2.54. The van der Waals surface area contributed by atoms with Crippen LogP contribution in [0.15, 0.2) is 48.5 Å². The molecule has 2 aromatic carbocycles. The Kier molecular flexibility index (Phi) is 7.02. The van der Waals surface area contributed by atoms with E-state index in [-0.39, 0.29) is 25.8 Å². The summed E-state index contributed by atoms with van der Waals surface area (Å²) in [4.78, 5) is 53.0. The molecule has 1 aliphatic carbocycles. The fourth-order valence-corrected chi connectivity index (χ4v) is 5.64. The zero-order valence-electron chi connectivity index (χ0n) is 17.1. The molecule has 1 aliphatic heterocycles. The summed E-state index contributed by atoms with van der Waals surface area (Å²) in [5.41, 5.74) is 0.198. The number of hydrazine groups is 1. The molecule has 6 nitrogen and oxygen atoms in total. The van der Waals surface area contributed by atoms with Crippen LogP contribution in [-0.4, -0.2) is 49.7 Å². The van der Waals surface area contributed by atoms with E-state index in [0.29, 0.717) is 12.8 Å². The minimum atomic E-state index is -0.748. The van der Waals surface area contributed by atoms with Crippen molar-refractivity contribution >= 4 is 67.0 Å². The molecule has 0 unspecified atom stereocenters. The number of imide groups is 1. The first-order valence-corrected chi connectivity index (χ1v) is 12.4. The monoisotopic (exact) mass is 598 g/mol. The van der Waals surface area contributed by atoms with Crippen LogP contribution in [0.3, 0.4) is 0 Å². The molecule has 172 valence electrons. The number of hydrogen-bond donors (Lipinski definition) is 0. The first-order chi connectivity index (χ1) is 15.7. The number of fused-ring (bicyclic) bond motifs is 1. The third kappa shape index (κ3) is 4.63. The number of alkyl halides is 2. The van der Waals surface area contributed by atoms with Gasteiger partial charge in [0.1, 0.15) is 12.4 Å². The van der Waals surface area contributed by atoms with Gasteiger partial charge in [-0.05, 0) is 49.2 Å². The van der Waals surface area contributed by atoms with E-state index in [1.165, 1.54) is 24.3 Å². The topological polar surface area (TPSA) is 74.8 Å². The lowest BCUT2D eigenvalue weighted by Crippen LogP contribution is -2.52. The first-order valence-electron chi connectivity index (χ1n) is 10.2. The van der Waals surface area contributed by atoms with Crippen molar-refractivity contribution in [3.63, 3.8) is 0 Å². The van der Waals surface area contributed by atoms with E-state index in [1.54, 1.807) is 12.1 Å². The highest BCUT2D eigenvalue weighted by Crippen LogP contribution is 2.43. The average molecular weight is 601 g/mol. The maximum absolute atomic E-state index is 13.5. The zero-order valence-corrected chi connectivity index (χ0v) is 21.0. The van der Waals surface area contributed by atoms with Crippen molar-refractivity contribution in [3.05, 3.63) is 70.5 Å². The molecule has 1 heterocycles. The van der Waals surface area contributed by atoms with Gasteiger partial charge in [0.15, 0.2) is 5.78 Å². The van der Waals surface area contributed by atoms with Crippen molar-refractivity contribution in [3.8, 4) is 0 Å². The van der Waals surface area contributed by atoms with Gasteiger partial charge >= 0.3 is 0 Å². The molecule has 0 radical (unpaired) electrons. The Balaban J connectivity index is 1.71. The van der Waals surface area contributed by atoms with Crippen LogP contribution < -0.4 is 0 Å². The van der Waals surface area contributed by atoms with Gasteiger partial charge in [0.25, 0.3) is 17.7 Å². The smallest absolute Gasteiger partial charge is 0.274 e. The normalized spacial score (nSPS) is 24.5. The molecule has 10 heteroatoms. The van der Waals surface area contributed by atoms with E-state index in [2.05, 4.69) is 31.9 Å². The molecular formula is C23H18Br2ClFN2O4. The number of carbonyl (C=O) groups is 4. The van der Waals surface area contributed by atoms with Crippen LogP contribution in [0.2, 0.25) is 5.02 Å². The lowest BCUT2D eigenvalue weighted by Gasteiger charge is -2.30. The third-order valence-corrected chi connectivity index (χ3v) is 8.99. The van der Waals surface area contributed by atoms with E-state index < -0.39 is 47.7 Å². The van der Waals surface area contributed by atoms with E-state index in [4.69, 9.17) is 11.6 Å². The van der Waals surface area contributed by atoms with E-state index in [0.717, 1.165) is 22.2 Å². The Morgan fingerprint density at radius 2 is 1.52 bits per heavy atom. The van der Waals surface area contributed by atoms with Crippen LogP contribution in [0.1, 0.15) is 33.6 Å². The van der Waals surface area contributed by atoms with Gasteiger partial charge in [-0.3, -0.25) is 19.2 Å². The van der Waals surface area contributed by atoms with E-state index >= 15 is 0 Å². The third-order valence-electron chi connectivity index (χ3n) is 5.93. The highest BCUT2D eigenvalue weighted by atomic mass is 79.9. The Morgan fingerprint density at radius 3 is 2.06 bits per heavy atom. The second-order valence-corrected chi connectivity index (χ2v) is 10.7. The van der Waals surface area contributed by atoms with Gasteiger partial charge in [-0.25, -0.2) is 9.40 Å². The number of amides is 3. The number of nitrogens with zero attached hydrogens (tertiary/aromatic N) is 2. The van der Waals surface area contributed by atoms with Crippen LogP contribution in [0.25, 0.3) is 0 Å². The minimum Gasteiger partial charge on any atom is -0.292 e. The SMILES string of the molecule is O=C(CN(C(=O)c1ccccc1Cl)N1C(=O)[C@H]2C[C@@H](Br)[C@@H](Br)C[C@H]2C1=O)c1ccc(F)cc1. The van der Waals surface area contributed by atoms with Gasteiger partial charge in [-0.2, -0.15) is 5.01 Å². The summed E-state index contributed by atoms with van der Waals surface area (Å²) >= 11 is 13.3. The average Bonchev–Trinajstić information content (AvgIpc) is 3.02. The molecule has 0 N–H and O–H groups in total. The van der Waals surface area contributed by atoms with Crippen LogP contribution in [0.4, 0.5) is 4.39 Å².